The summed E-state index contributed by atoms with van der Waals surface area (Å²) in [7, 11) is 0. The first-order chi connectivity index (χ1) is 10.2. The van der Waals surface area contributed by atoms with E-state index >= 15 is 0 Å². The van der Waals surface area contributed by atoms with E-state index in [1.54, 1.807) is 6.92 Å². The molecule has 2 heterocycles. The second kappa shape index (κ2) is 6.41. The Labute approximate surface area is 125 Å². The molecule has 1 saturated heterocycles. The Morgan fingerprint density at radius 3 is 3.05 bits per heavy atom. The van der Waals surface area contributed by atoms with E-state index < -0.39 is 0 Å². The molecule has 0 spiro atoms. The summed E-state index contributed by atoms with van der Waals surface area (Å²) >= 11 is 0. The van der Waals surface area contributed by atoms with Crippen LogP contribution < -0.4 is 0 Å². The lowest BCUT2D eigenvalue weighted by molar-refractivity contribution is -0.131. The van der Waals surface area contributed by atoms with Crippen LogP contribution in [0.5, 0.6) is 0 Å². The van der Waals surface area contributed by atoms with E-state index in [4.69, 9.17) is 4.52 Å². The highest BCUT2D eigenvalue weighted by atomic mass is 16.5. The van der Waals surface area contributed by atoms with Crippen LogP contribution in [-0.4, -0.2) is 34.0 Å². The van der Waals surface area contributed by atoms with E-state index in [-0.39, 0.29) is 11.8 Å². The summed E-state index contributed by atoms with van der Waals surface area (Å²) in [5, 5.41) is 4.01. The van der Waals surface area contributed by atoms with Crippen LogP contribution in [0.15, 0.2) is 16.2 Å². The number of rotatable bonds is 3. The molecule has 114 valence electrons. The minimum Gasteiger partial charge on any atom is -0.342 e. The number of likely N-dealkylation sites (tertiary alicyclic amines) is 1. The fraction of sp³-hybridized carbons (Fsp3) is 0.688. The number of hydrogen-bond acceptors (Lipinski definition) is 4. The summed E-state index contributed by atoms with van der Waals surface area (Å²) in [6.07, 6.45) is 9.61. The molecule has 21 heavy (non-hydrogen) atoms. The van der Waals surface area contributed by atoms with Gasteiger partial charge in [0.2, 0.25) is 11.8 Å². The first-order valence-electron chi connectivity index (χ1n) is 7.98. The number of allylic oxidation sites excluding steroid dienone is 1. The topological polar surface area (TPSA) is 59.2 Å². The molecule has 5 nitrogen and oxygen atoms in total. The number of hydrogen-bond donors (Lipinski definition) is 0. The van der Waals surface area contributed by atoms with Crippen LogP contribution in [0.4, 0.5) is 0 Å². The maximum absolute atomic E-state index is 12.5. The molecule has 2 aliphatic rings. The fourth-order valence-electron chi connectivity index (χ4n) is 3.27. The third kappa shape index (κ3) is 3.52. The summed E-state index contributed by atoms with van der Waals surface area (Å²) in [6.45, 7) is 3.39. The molecular weight excluding hydrogens is 266 g/mol. The van der Waals surface area contributed by atoms with Gasteiger partial charge in [0, 0.05) is 32.4 Å². The Morgan fingerprint density at radius 2 is 2.33 bits per heavy atom. The predicted octanol–water partition coefficient (Wildman–Crippen LogP) is 2.97. The molecule has 1 atom stereocenters. The maximum atomic E-state index is 12.5. The summed E-state index contributed by atoms with van der Waals surface area (Å²) < 4.78 is 5.06. The molecule has 1 aromatic heterocycles. The Bertz CT molecular complexity index is 535. The number of aromatic nitrogens is 2. The molecule has 1 amide bonds. The van der Waals surface area contributed by atoms with Gasteiger partial charge in [0.1, 0.15) is 0 Å². The third-order valence-corrected chi connectivity index (χ3v) is 4.45. The number of carbonyl (C=O) groups is 1. The Kier molecular flexibility index (Phi) is 4.36. The van der Waals surface area contributed by atoms with Gasteiger partial charge in [-0.15, -0.1) is 0 Å². The van der Waals surface area contributed by atoms with Gasteiger partial charge in [0.15, 0.2) is 5.82 Å². The summed E-state index contributed by atoms with van der Waals surface area (Å²) in [5.41, 5.74) is 1.32. The second-order valence-corrected chi connectivity index (χ2v) is 6.14. The van der Waals surface area contributed by atoms with Gasteiger partial charge in [0.25, 0.3) is 0 Å². The van der Waals surface area contributed by atoms with Crippen LogP contribution in [-0.2, 0) is 4.79 Å². The van der Waals surface area contributed by atoms with Crippen molar-refractivity contribution in [3.63, 3.8) is 0 Å². The van der Waals surface area contributed by atoms with E-state index in [0.717, 1.165) is 44.6 Å². The molecule has 1 aromatic rings. The lowest BCUT2D eigenvalue weighted by atomic mass is 9.94. The quantitative estimate of drug-likeness (QED) is 0.803. The number of nitrogens with zero attached hydrogens (tertiary/aromatic N) is 3. The van der Waals surface area contributed by atoms with Crippen LogP contribution in [0.3, 0.4) is 0 Å². The predicted molar refractivity (Wildman–Crippen MR) is 78.8 cm³/mol. The average Bonchev–Trinajstić information content (AvgIpc) is 2.95. The fourth-order valence-corrected chi connectivity index (χ4v) is 3.27. The van der Waals surface area contributed by atoms with E-state index in [2.05, 4.69) is 16.2 Å². The first-order valence-corrected chi connectivity index (χ1v) is 7.98. The van der Waals surface area contributed by atoms with E-state index in [0.29, 0.717) is 12.3 Å². The molecule has 0 saturated carbocycles. The first kappa shape index (κ1) is 14.3. The van der Waals surface area contributed by atoms with Crippen molar-refractivity contribution < 1.29 is 9.32 Å². The highest BCUT2D eigenvalue weighted by molar-refractivity contribution is 5.79. The smallest absolute Gasteiger partial charge is 0.226 e. The minimum absolute atomic E-state index is 0.223. The lowest BCUT2D eigenvalue weighted by Gasteiger charge is -2.31. The molecule has 3 rings (SSSR count). The van der Waals surface area contributed by atoms with Crippen LogP contribution in [0.2, 0.25) is 0 Å². The van der Waals surface area contributed by atoms with Crippen molar-refractivity contribution in [1.29, 1.82) is 0 Å². The van der Waals surface area contributed by atoms with E-state index in [9.17, 15) is 4.79 Å². The van der Waals surface area contributed by atoms with Gasteiger partial charge >= 0.3 is 0 Å². The molecule has 5 heteroatoms. The van der Waals surface area contributed by atoms with Gasteiger partial charge in [-0.3, -0.25) is 4.79 Å². The van der Waals surface area contributed by atoms with Crippen molar-refractivity contribution >= 4 is 5.91 Å². The van der Waals surface area contributed by atoms with Gasteiger partial charge in [0.05, 0.1) is 0 Å². The zero-order valence-corrected chi connectivity index (χ0v) is 12.7. The Balaban J connectivity index is 1.60. The van der Waals surface area contributed by atoms with E-state index in [1.807, 2.05) is 4.90 Å². The maximum Gasteiger partial charge on any atom is 0.226 e. The van der Waals surface area contributed by atoms with Gasteiger partial charge in [-0.2, -0.15) is 4.98 Å². The molecule has 0 N–H and O–H groups in total. The molecule has 0 unspecified atom stereocenters. The van der Waals surface area contributed by atoms with Gasteiger partial charge in [-0.25, -0.2) is 0 Å². The lowest BCUT2D eigenvalue weighted by Crippen LogP contribution is -2.39. The van der Waals surface area contributed by atoms with Crippen molar-refractivity contribution in [2.24, 2.45) is 0 Å². The molecule has 0 bridgehead atoms. The average molecular weight is 289 g/mol. The van der Waals surface area contributed by atoms with Crippen molar-refractivity contribution in [2.75, 3.05) is 13.1 Å². The van der Waals surface area contributed by atoms with Crippen molar-refractivity contribution in [2.45, 2.75) is 57.8 Å². The van der Waals surface area contributed by atoms with Gasteiger partial charge in [-0.05, 0) is 38.5 Å². The van der Waals surface area contributed by atoms with Crippen molar-refractivity contribution in [1.82, 2.24) is 15.0 Å². The number of aryl methyl sites for hydroxylation is 1. The summed E-state index contributed by atoms with van der Waals surface area (Å²) in [6, 6.07) is 0. The van der Waals surface area contributed by atoms with Crippen LogP contribution in [0.25, 0.3) is 0 Å². The molecule has 0 aromatic carbocycles. The number of piperidine rings is 1. The molecule has 1 aliphatic carbocycles. The molecule has 1 aliphatic heterocycles. The zero-order chi connectivity index (χ0) is 14.7. The number of carbonyl (C=O) groups excluding carboxylic acids is 1. The summed E-state index contributed by atoms with van der Waals surface area (Å²) in [4.78, 5) is 18.8. The van der Waals surface area contributed by atoms with Gasteiger partial charge < -0.3 is 9.42 Å². The largest absolute Gasteiger partial charge is 0.342 e. The Morgan fingerprint density at radius 1 is 1.43 bits per heavy atom. The SMILES string of the molecule is Cc1nc([C@H]2CCCN(C(=O)CC3=CCCCC3)C2)no1. The number of amides is 1. The standard InChI is InChI=1S/C16H23N3O2/c1-12-17-16(18-21-12)14-8-5-9-19(11-14)15(20)10-13-6-3-2-4-7-13/h6,14H,2-5,7-11H2,1H3/t14-/m0/s1. The van der Waals surface area contributed by atoms with Gasteiger partial charge in [-0.1, -0.05) is 16.8 Å². The molecular formula is C16H23N3O2. The third-order valence-electron chi connectivity index (χ3n) is 4.45. The zero-order valence-electron chi connectivity index (χ0n) is 12.7. The van der Waals surface area contributed by atoms with Crippen molar-refractivity contribution in [3.05, 3.63) is 23.4 Å². The molecule has 0 radical (unpaired) electrons. The second-order valence-electron chi connectivity index (χ2n) is 6.14. The normalized spacial score (nSPS) is 23.0. The minimum atomic E-state index is 0.223. The van der Waals surface area contributed by atoms with E-state index in [1.165, 1.54) is 18.4 Å². The van der Waals surface area contributed by atoms with Crippen LogP contribution in [0.1, 0.15) is 62.6 Å². The highest BCUT2D eigenvalue weighted by Gasteiger charge is 2.28. The highest BCUT2D eigenvalue weighted by Crippen LogP contribution is 2.27. The van der Waals surface area contributed by atoms with Crippen LogP contribution >= 0.6 is 0 Å². The summed E-state index contributed by atoms with van der Waals surface area (Å²) in [5.74, 6) is 1.83. The van der Waals surface area contributed by atoms with Crippen molar-refractivity contribution in [3.8, 4) is 0 Å². The Hall–Kier alpha value is -1.65. The molecule has 1 fully saturated rings. The monoisotopic (exact) mass is 289 g/mol. The van der Waals surface area contributed by atoms with Crippen LogP contribution in [0, 0.1) is 6.92 Å².